The zero-order valence-corrected chi connectivity index (χ0v) is 19.3. The molecular formula is C26H21Cl2FO4. The molecule has 3 aliphatic rings. The molecule has 0 atom stereocenters. The maximum atomic E-state index is 14.2. The number of hydrogen-bond donors (Lipinski definition) is 0. The summed E-state index contributed by atoms with van der Waals surface area (Å²) in [6.45, 7) is -0.0655. The van der Waals surface area contributed by atoms with Crippen molar-refractivity contribution in [2.24, 2.45) is 0 Å². The SMILES string of the molecule is O=C1CCCC2=C1C(c1cc(Cl)cc(Cl)c1OCc1ccccc1F)C1=C(CCCC1=O)O2. The Bertz CT molecular complexity index is 1190. The fourth-order valence-corrected chi connectivity index (χ4v) is 5.40. The molecule has 170 valence electrons. The lowest BCUT2D eigenvalue weighted by Crippen LogP contribution is -2.30. The standard InChI is InChI=1S/C26H21Cl2FO4/c27-15-11-16(26(17(28)12-15)32-13-14-5-1-2-6-18(14)29)23-24-19(30)7-3-9-21(24)33-22-10-4-8-20(31)25(22)23/h1-2,5-6,11-12,23H,3-4,7-10,13H2. The first kappa shape index (κ1) is 22.2. The molecule has 4 nitrogen and oxygen atoms in total. The second kappa shape index (κ2) is 8.96. The Balaban J connectivity index is 1.65. The smallest absolute Gasteiger partial charge is 0.163 e. The Labute approximate surface area is 201 Å². The molecule has 0 radical (unpaired) electrons. The van der Waals surface area contributed by atoms with Crippen molar-refractivity contribution in [1.82, 2.24) is 0 Å². The Hall–Kier alpha value is -2.63. The summed E-state index contributed by atoms with van der Waals surface area (Å²) in [7, 11) is 0. The van der Waals surface area contributed by atoms with Crippen molar-refractivity contribution in [2.45, 2.75) is 51.0 Å². The van der Waals surface area contributed by atoms with E-state index < -0.39 is 11.7 Å². The van der Waals surface area contributed by atoms with Crippen LogP contribution in [0.3, 0.4) is 0 Å². The number of carbonyl (C=O) groups excluding carboxylic acids is 2. The average Bonchev–Trinajstić information content (AvgIpc) is 2.78. The minimum Gasteiger partial charge on any atom is -0.487 e. The van der Waals surface area contributed by atoms with Gasteiger partial charge in [0.1, 0.15) is 29.7 Å². The average molecular weight is 487 g/mol. The van der Waals surface area contributed by atoms with Gasteiger partial charge in [-0.25, -0.2) is 4.39 Å². The minimum atomic E-state index is -0.670. The van der Waals surface area contributed by atoms with Crippen LogP contribution in [0.4, 0.5) is 4.39 Å². The molecule has 5 rings (SSSR count). The van der Waals surface area contributed by atoms with E-state index in [1.807, 2.05) is 0 Å². The fraction of sp³-hybridized carbons (Fsp3) is 0.308. The number of benzene rings is 2. The molecular weight excluding hydrogens is 466 g/mol. The quantitative estimate of drug-likeness (QED) is 0.474. The van der Waals surface area contributed by atoms with Gasteiger partial charge in [0.25, 0.3) is 0 Å². The highest BCUT2D eigenvalue weighted by molar-refractivity contribution is 6.35. The molecule has 2 aliphatic carbocycles. The summed E-state index contributed by atoms with van der Waals surface area (Å²) >= 11 is 12.9. The van der Waals surface area contributed by atoms with Crippen LogP contribution in [0.15, 0.2) is 59.1 Å². The van der Waals surface area contributed by atoms with Crippen LogP contribution in [0, 0.1) is 5.82 Å². The highest BCUT2D eigenvalue weighted by Gasteiger charge is 2.43. The van der Waals surface area contributed by atoms with Crippen LogP contribution in [0.5, 0.6) is 5.75 Å². The van der Waals surface area contributed by atoms with E-state index in [0.717, 1.165) is 0 Å². The monoisotopic (exact) mass is 486 g/mol. The largest absolute Gasteiger partial charge is 0.487 e. The lowest BCUT2D eigenvalue weighted by molar-refractivity contribution is -0.117. The number of carbonyl (C=O) groups is 2. The van der Waals surface area contributed by atoms with E-state index in [-0.39, 0.29) is 28.9 Å². The first-order chi connectivity index (χ1) is 15.9. The molecule has 0 amide bonds. The highest BCUT2D eigenvalue weighted by atomic mass is 35.5. The molecule has 0 saturated carbocycles. The Morgan fingerprint density at radius 1 is 0.939 bits per heavy atom. The van der Waals surface area contributed by atoms with Gasteiger partial charge in [0.05, 0.1) is 10.9 Å². The first-order valence-corrected chi connectivity index (χ1v) is 11.7. The summed E-state index contributed by atoms with van der Waals surface area (Å²) in [5, 5.41) is 0.590. The van der Waals surface area contributed by atoms with E-state index in [1.54, 1.807) is 30.3 Å². The van der Waals surface area contributed by atoms with Crippen LogP contribution >= 0.6 is 23.2 Å². The Morgan fingerprint density at radius 3 is 2.21 bits per heavy atom. The molecule has 0 fully saturated rings. The van der Waals surface area contributed by atoms with E-state index >= 15 is 0 Å². The van der Waals surface area contributed by atoms with Gasteiger partial charge in [0.2, 0.25) is 0 Å². The second-order valence-electron chi connectivity index (χ2n) is 8.45. The summed E-state index contributed by atoms with van der Waals surface area (Å²) in [5.74, 6) is 0.337. The number of ketones is 2. The normalized spacial score (nSPS) is 18.8. The third kappa shape index (κ3) is 4.09. The molecule has 0 saturated heterocycles. The van der Waals surface area contributed by atoms with Gasteiger partial charge in [0, 0.05) is 53.0 Å². The molecule has 7 heteroatoms. The Kier molecular flexibility index (Phi) is 6.02. The summed E-state index contributed by atoms with van der Waals surface area (Å²) in [6, 6.07) is 9.53. The summed E-state index contributed by atoms with van der Waals surface area (Å²) in [6.07, 6.45) is 3.43. The van der Waals surface area contributed by atoms with Crippen molar-refractivity contribution < 1.29 is 23.5 Å². The zero-order valence-electron chi connectivity index (χ0n) is 17.8. The minimum absolute atomic E-state index is 0.0534. The van der Waals surface area contributed by atoms with E-state index in [9.17, 15) is 14.0 Å². The van der Waals surface area contributed by atoms with Crippen LogP contribution in [0.2, 0.25) is 10.0 Å². The van der Waals surface area contributed by atoms with Gasteiger partial charge in [-0.1, -0.05) is 41.4 Å². The lowest BCUT2D eigenvalue weighted by atomic mass is 9.73. The van der Waals surface area contributed by atoms with Gasteiger partial charge < -0.3 is 9.47 Å². The van der Waals surface area contributed by atoms with Crippen molar-refractivity contribution in [3.8, 4) is 5.75 Å². The van der Waals surface area contributed by atoms with Crippen LogP contribution in [0.25, 0.3) is 0 Å². The third-order valence-corrected chi connectivity index (χ3v) is 6.82. The number of ether oxygens (including phenoxy) is 2. The molecule has 2 aromatic carbocycles. The number of hydrogen-bond acceptors (Lipinski definition) is 4. The van der Waals surface area contributed by atoms with Crippen LogP contribution in [-0.4, -0.2) is 11.6 Å². The van der Waals surface area contributed by atoms with Crippen molar-refractivity contribution in [3.63, 3.8) is 0 Å². The van der Waals surface area contributed by atoms with Crippen molar-refractivity contribution in [3.05, 3.63) is 86.1 Å². The maximum absolute atomic E-state index is 14.2. The van der Waals surface area contributed by atoms with Crippen molar-refractivity contribution in [2.75, 3.05) is 0 Å². The molecule has 0 N–H and O–H groups in total. The second-order valence-corrected chi connectivity index (χ2v) is 9.29. The maximum Gasteiger partial charge on any atom is 0.163 e. The Morgan fingerprint density at radius 2 is 1.58 bits per heavy atom. The van der Waals surface area contributed by atoms with Crippen molar-refractivity contribution >= 4 is 34.8 Å². The van der Waals surface area contributed by atoms with Crippen LogP contribution < -0.4 is 4.74 Å². The summed E-state index contributed by atoms with van der Waals surface area (Å²) < 4.78 is 26.3. The van der Waals surface area contributed by atoms with E-state index in [4.69, 9.17) is 32.7 Å². The molecule has 0 aromatic heterocycles. The first-order valence-electron chi connectivity index (χ1n) is 11.0. The molecule has 1 aliphatic heterocycles. The van der Waals surface area contributed by atoms with E-state index in [1.165, 1.54) is 6.07 Å². The van der Waals surface area contributed by atoms with E-state index in [2.05, 4.69) is 0 Å². The zero-order chi connectivity index (χ0) is 23.1. The number of rotatable bonds is 4. The van der Waals surface area contributed by atoms with Gasteiger partial charge >= 0.3 is 0 Å². The molecule has 0 spiro atoms. The molecule has 2 aromatic rings. The molecule has 0 unspecified atom stereocenters. The lowest BCUT2D eigenvalue weighted by Gasteiger charge is -2.36. The van der Waals surface area contributed by atoms with Gasteiger partial charge in [-0.2, -0.15) is 0 Å². The number of halogens is 3. The summed E-state index contributed by atoms with van der Waals surface area (Å²) in [5.41, 5.74) is 1.84. The predicted octanol–water partition coefficient (Wildman–Crippen LogP) is 6.84. The van der Waals surface area contributed by atoms with Gasteiger partial charge in [-0.15, -0.1) is 0 Å². The highest BCUT2D eigenvalue weighted by Crippen LogP contribution is 2.51. The molecule has 33 heavy (non-hydrogen) atoms. The van der Waals surface area contributed by atoms with Crippen molar-refractivity contribution in [1.29, 1.82) is 0 Å². The summed E-state index contributed by atoms with van der Waals surface area (Å²) in [4.78, 5) is 26.1. The topological polar surface area (TPSA) is 52.6 Å². The third-order valence-electron chi connectivity index (χ3n) is 6.32. The van der Waals surface area contributed by atoms with Crippen LogP contribution in [0.1, 0.15) is 55.6 Å². The fourth-order valence-electron chi connectivity index (χ4n) is 4.84. The van der Waals surface area contributed by atoms with Gasteiger partial charge in [-0.3, -0.25) is 9.59 Å². The van der Waals surface area contributed by atoms with E-state index in [0.29, 0.717) is 77.3 Å². The molecule has 0 bridgehead atoms. The number of Topliss-reactive ketones (excluding diaryl/α,β-unsaturated/α-hetero) is 2. The number of allylic oxidation sites excluding steroid dienone is 4. The van der Waals surface area contributed by atoms with Crippen LogP contribution in [-0.2, 0) is 20.9 Å². The van der Waals surface area contributed by atoms with Gasteiger partial charge in [0.15, 0.2) is 11.6 Å². The van der Waals surface area contributed by atoms with Gasteiger partial charge in [-0.05, 0) is 31.0 Å². The molecule has 1 heterocycles. The predicted molar refractivity (Wildman–Crippen MR) is 123 cm³/mol.